The molecule has 0 unspecified atom stereocenters. The van der Waals surface area contributed by atoms with Crippen LogP contribution in [0.1, 0.15) is 202 Å². The van der Waals surface area contributed by atoms with E-state index in [1.807, 2.05) is 114 Å². The van der Waals surface area contributed by atoms with Crippen LogP contribution >= 0.6 is 31.9 Å². The standard InChI is InChI=1S/C26H34Br2O2Si.C24H26O.C10H15N.2C10H12.C6F5N.2C6H8N.2Mo/c1-26(2,3)31(4,5)30-25-21(28)15-17-11-7-9-13-19(17)23(25)22-18-12-8-6-10-16(18)14-20(27)24(22)29;1-14-10-16(3)22(17(4)11-14)20-8-7-9-21(24(20)25)23-18(5)12-15(2)13-19(23)6;11-10-4-7-1-8(5-10)3-9(2-7)6-10;2*1-10(2,3)9-7-5-4-6-8-9;7-1-2(8)4(10)6(12)5(11)3(1)9;2*1-5-3-4-6(2)7-5;;/h14-15,29H,6-13H2,1-5H3;7-13,25H,1-6H3;7-9H,1-6H2;2*1,4-8H,2-3H3;;2*3-4H,1-2H3;;/q;;;;;;2*-1;;. The molecule has 0 aliphatic heterocycles. The second-order valence-corrected chi connectivity index (χ2v) is 44.8. The van der Waals surface area contributed by atoms with E-state index in [1.165, 1.54) is 125 Å². The van der Waals surface area contributed by atoms with Gasteiger partial charge in [0.25, 0.3) is 8.32 Å². The van der Waals surface area contributed by atoms with E-state index in [0.717, 1.165) is 120 Å². The van der Waals surface area contributed by atoms with E-state index in [1.54, 1.807) is 4.40 Å². The molecule has 7 nitrogen and oxygen atoms in total. The van der Waals surface area contributed by atoms with E-state index in [9.17, 15) is 32.2 Å². The zero-order chi connectivity index (χ0) is 83.8. The van der Waals surface area contributed by atoms with Crippen molar-refractivity contribution in [3.8, 4) is 50.6 Å². The fourth-order valence-corrected chi connectivity index (χ4v) is 23.5. The van der Waals surface area contributed by atoms with Gasteiger partial charge in [0.05, 0.1) is 8.95 Å². The molecule has 0 radical (unpaired) electrons. The van der Waals surface area contributed by atoms with Gasteiger partial charge in [-0.2, -0.15) is 22.8 Å². The Morgan fingerprint density at radius 1 is 0.461 bits per heavy atom. The topological polar surface area (TPSA) is 103 Å². The summed E-state index contributed by atoms with van der Waals surface area (Å²) in [5.41, 5.74) is 24.9. The summed E-state index contributed by atoms with van der Waals surface area (Å²) in [7, 11) is -2.08. The molecule has 6 aliphatic rings. The van der Waals surface area contributed by atoms with Crippen molar-refractivity contribution in [3.05, 3.63) is 267 Å². The molecule has 10 aromatic rings. The van der Waals surface area contributed by atoms with Crippen molar-refractivity contribution in [3.63, 3.8) is 0 Å². The molecule has 0 saturated heterocycles. The van der Waals surface area contributed by atoms with Gasteiger partial charge in [-0.15, -0.1) is 0 Å². The SMILES string of the molecule is CC(C)(C)[Si](C)(C)Oc1c(Br)cc2c(c1-c1c(O)c(Br)cc3c1CCCC3)CCCC2.CC(C)([CH]=[Mo]=[N]C12CC3CC(CC(C3)C1)C2)c1ccccc1.CC(C)([CH]=[Mo]=[N]c1c(F)c(F)c(F)c(F)c1F)c1ccccc1.Cc1cc(C)c(-c2cccc(-c3c(C)cc(C)cc3C)c2O)c(C)c1.Cc1ccc(C)[n-]1.Cc1ccc(C)[n-]1. The number of benzene rings is 8. The van der Waals surface area contributed by atoms with Crippen molar-refractivity contribution in [1.29, 1.82) is 0 Å². The number of halogens is 7. The fourth-order valence-electron chi connectivity index (χ4n) is 17.3. The first-order valence-corrected chi connectivity index (χ1v) is 49.0. The predicted molar refractivity (Wildman–Crippen MR) is 469 cm³/mol. The zero-order valence-corrected chi connectivity index (χ0v) is 78.8. The molecule has 0 spiro atoms. The van der Waals surface area contributed by atoms with Crippen LogP contribution in [0.15, 0.2) is 155 Å². The smallest absolute Gasteiger partial charge is 0.131 e. The number of aryl methyl sites for hydroxylation is 12. The minimum Gasteiger partial charge on any atom is -0.665 e. The molecule has 2 heterocycles. The van der Waals surface area contributed by atoms with Crippen LogP contribution in [0, 0.1) is 116 Å². The number of fused-ring (bicyclic) bond motifs is 2. The summed E-state index contributed by atoms with van der Waals surface area (Å²) in [5.74, 6) is -5.18. The first-order valence-electron chi connectivity index (χ1n) is 40.4. The number of hydrogen-bond donors (Lipinski definition) is 2. The van der Waals surface area contributed by atoms with E-state index >= 15 is 0 Å². The molecule has 0 atom stereocenters. The monoisotopic (exact) mass is 1870 g/mol. The molecule has 0 amide bonds. The second-order valence-electron chi connectivity index (χ2n) is 35.3. The number of phenols is 2. The summed E-state index contributed by atoms with van der Waals surface area (Å²) in [6, 6.07) is 47.5. The molecule has 16 rings (SSSR count). The maximum absolute atomic E-state index is 13.5. The molecular weight excluding hydrogens is 1760 g/mol. The molecule has 17 heteroatoms. The maximum Gasteiger partial charge on any atom is 0.131 e. The third kappa shape index (κ3) is 22.2. The molecule has 115 heavy (non-hydrogen) atoms. The number of aromatic nitrogens is 2. The molecular formula is C98H115Br2F5Mo2N4O3Si-2. The maximum atomic E-state index is 13.5. The Kier molecular flexibility index (Phi) is 30.4. The Balaban J connectivity index is 0.000000154. The van der Waals surface area contributed by atoms with Gasteiger partial charge < -0.3 is 24.6 Å². The quantitative estimate of drug-likeness (QED) is 0.0581. The van der Waals surface area contributed by atoms with Crippen LogP contribution in [0.4, 0.5) is 27.6 Å². The van der Waals surface area contributed by atoms with Crippen molar-refractivity contribution in [2.45, 2.75) is 242 Å². The number of hydrogen-bond acceptors (Lipinski definition) is 5. The van der Waals surface area contributed by atoms with Gasteiger partial charge in [0, 0.05) is 22.3 Å². The number of phenolic OH excluding ortho intramolecular Hbond substituents is 2. The molecule has 8 aromatic carbocycles. The van der Waals surface area contributed by atoms with Gasteiger partial charge in [0.2, 0.25) is 0 Å². The second kappa shape index (κ2) is 38.5. The fraction of sp³-hybridized carbons (Fsp3) is 0.408. The molecule has 612 valence electrons. The number of nitrogens with zero attached hydrogens (tertiary/aromatic N) is 4. The Labute approximate surface area is 715 Å². The van der Waals surface area contributed by atoms with Gasteiger partial charge >= 0.3 is 280 Å². The summed E-state index contributed by atoms with van der Waals surface area (Å²) in [6.07, 6.45) is 17.9. The van der Waals surface area contributed by atoms with Gasteiger partial charge in [-0.05, 0) is 211 Å². The van der Waals surface area contributed by atoms with Gasteiger partial charge in [0.1, 0.15) is 17.2 Å². The molecule has 6 aliphatic carbocycles. The molecule has 4 fully saturated rings. The number of aromatic hydroxyl groups is 2. The van der Waals surface area contributed by atoms with E-state index in [-0.39, 0.29) is 28.4 Å². The van der Waals surface area contributed by atoms with Gasteiger partial charge in [0.15, 0.2) is 0 Å². The summed E-state index contributed by atoms with van der Waals surface area (Å²) in [4.78, 5) is 8.22. The summed E-state index contributed by atoms with van der Waals surface area (Å²) in [6.45, 7) is 40.6. The van der Waals surface area contributed by atoms with Crippen LogP contribution < -0.4 is 14.4 Å². The van der Waals surface area contributed by atoms with Gasteiger partial charge in [-0.1, -0.05) is 126 Å². The molecule has 2 aromatic heterocycles. The first-order chi connectivity index (χ1) is 54.2. The molecule has 2 N–H and O–H groups in total. The Morgan fingerprint density at radius 2 is 0.835 bits per heavy atom. The molecule has 4 bridgehead atoms. The minimum atomic E-state index is -2.17. The average molecular weight is 1870 g/mol. The predicted octanol–water partition coefficient (Wildman–Crippen LogP) is 27.9. The van der Waals surface area contributed by atoms with Crippen LogP contribution in [0.5, 0.6) is 17.2 Å². The van der Waals surface area contributed by atoms with E-state index in [0.29, 0.717) is 17.0 Å². The third-order valence-corrected chi connectivity index (χ3v) is 34.5. The van der Waals surface area contributed by atoms with Crippen LogP contribution in [-0.2, 0) is 72.4 Å². The van der Waals surface area contributed by atoms with Crippen LogP contribution in [0.25, 0.3) is 33.4 Å². The summed E-state index contributed by atoms with van der Waals surface area (Å²) in [5, 5.41) is 22.6. The van der Waals surface area contributed by atoms with Gasteiger partial charge in [-0.3, -0.25) is 0 Å². The average Bonchev–Trinajstić information content (AvgIpc) is 1.17. The van der Waals surface area contributed by atoms with Crippen molar-refractivity contribution in [1.82, 2.24) is 9.97 Å². The van der Waals surface area contributed by atoms with Crippen molar-refractivity contribution in [2.24, 2.45) is 24.7 Å². The van der Waals surface area contributed by atoms with E-state index < -0.39 is 66.4 Å². The first kappa shape index (κ1) is 90.6. The van der Waals surface area contributed by atoms with Crippen LogP contribution in [-0.4, -0.2) is 32.9 Å². The van der Waals surface area contributed by atoms with Gasteiger partial charge in [-0.25, -0.2) is 0 Å². The largest absolute Gasteiger partial charge is 0.665 e. The third-order valence-electron chi connectivity index (χ3n) is 23.6. The summed E-state index contributed by atoms with van der Waals surface area (Å²) < 4.78 is 88.5. The number of para-hydroxylation sites is 1. The van der Waals surface area contributed by atoms with Crippen molar-refractivity contribution in [2.75, 3.05) is 0 Å². The van der Waals surface area contributed by atoms with Crippen LogP contribution in [0.3, 0.4) is 0 Å². The number of rotatable bonds is 11. The minimum absolute atomic E-state index is 0.0956. The van der Waals surface area contributed by atoms with Crippen molar-refractivity contribution >= 4 is 54.7 Å². The summed E-state index contributed by atoms with van der Waals surface area (Å²) >= 11 is 5.72. The van der Waals surface area contributed by atoms with Crippen LogP contribution in [0.2, 0.25) is 18.1 Å². The Bertz CT molecular complexity index is 5020. The van der Waals surface area contributed by atoms with Crippen molar-refractivity contribution < 1.29 is 72.4 Å². The molecule has 4 saturated carbocycles. The Hall–Kier alpha value is -6.74. The normalized spacial score (nSPS) is 17.2. The Morgan fingerprint density at radius 3 is 1.23 bits per heavy atom. The van der Waals surface area contributed by atoms with E-state index in [4.69, 9.17) is 7.92 Å². The zero-order valence-electron chi connectivity index (χ0n) is 70.6. The van der Waals surface area contributed by atoms with E-state index in [2.05, 4.69) is 206 Å².